The number of hydrogen-bond donors (Lipinski definition) is 2. The molecule has 20 heavy (non-hydrogen) atoms. The van der Waals surface area contributed by atoms with Crippen molar-refractivity contribution in [1.29, 1.82) is 0 Å². The molecule has 0 atom stereocenters. The fraction of sp³-hybridized carbons (Fsp3) is 0.0769. The maximum absolute atomic E-state index is 13.0. The molecular formula is C13H12ClFN2O2S. The van der Waals surface area contributed by atoms with Crippen LogP contribution in [0.1, 0.15) is 5.56 Å². The lowest BCUT2D eigenvalue weighted by Gasteiger charge is -2.11. The Hall–Kier alpha value is -1.63. The average molecular weight is 315 g/mol. The van der Waals surface area contributed by atoms with E-state index in [0.29, 0.717) is 5.56 Å². The molecule has 0 fully saturated rings. The molecule has 2 aromatic rings. The van der Waals surface area contributed by atoms with Gasteiger partial charge in [0.25, 0.3) is 10.0 Å². The van der Waals surface area contributed by atoms with Crippen molar-refractivity contribution in [2.45, 2.75) is 11.4 Å². The van der Waals surface area contributed by atoms with Crippen LogP contribution in [0.5, 0.6) is 0 Å². The summed E-state index contributed by atoms with van der Waals surface area (Å²) in [6.45, 7) is 0.0985. The third kappa shape index (κ3) is 3.09. The quantitative estimate of drug-likeness (QED) is 0.911. The van der Waals surface area contributed by atoms with Crippen LogP contribution in [-0.2, 0) is 16.6 Å². The van der Waals surface area contributed by atoms with Crippen LogP contribution in [0.15, 0.2) is 47.4 Å². The molecule has 0 heterocycles. The second-order valence-corrected chi connectivity index (χ2v) is 6.10. The largest absolute Gasteiger partial charge is 0.326 e. The second-order valence-electron chi connectivity index (χ2n) is 4.05. The molecule has 2 rings (SSSR count). The lowest BCUT2D eigenvalue weighted by Crippen LogP contribution is -2.16. The molecule has 0 bridgehead atoms. The first-order valence-electron chi connectivity index (χ1n) is 5.70. The topological polar surface area (TPSA) is 72.2 Å². The van der Waals surface area contributed by atoms with Gasteiger partial charge in [0.05, 0.1) is 15.6 Å². The molecule has 0 radical (unpaired) electrons. The summed E-state index contributed by atoms with van der Waals surface area (Å²) in [5.41, 5.74) is 6.20. The van der Waals surface area contributed by atoms with Crippen LogP contribution in [0, 0.1) is 5.82 Å². The number of halogens is 2. The van der Waals surface area contributed by atoms with Gasteiger partial charge in [-0.25, -0.2) is 12.8 Å². The summed E-state index contributed by atoms with van der Waals surface area (Å²) in [6.07, 6.45) is 0. The highest BCUT2D eigenvalue weighted by Crippen LogP contribution is 2.23. The van der Waals surface area contributed by atoms with Crippen molar-refractivity contribution in [3.8, 4) is 0 Å². The van der Waals surface area contributed by atoms with Gasteiger partial charge in [-0.1, -0.05) is 29.8 Å². The van der Waals surface area contributed by atoms with Crippen LogP contribution in [0.25, 0.3) is 0 Å². The van der Waals surface area contributed by atoms with Gasteiger partial charge in [0.2, 0.25) is 0 Å². The van der Waals surface area contributed by atoms with E-state index in [1.165, 1.54) is 18.2 Å². The minimum absolute atomic E-state index is 0.0861. The molecular weight excluding hydrogens is 303 g/mol. The van der Waals surface area contributed by atoms with E-state index < -0.39 is 15.8 Å². The zero-order chi connectivity index (χ0) is 14.8. The average Bonchev–Trinajstić information content (AvgIpc) is 2.42. The van der Waals surface area contributed by atoms with Crippen molar-refractivity contribution in [1.82, 2.24) is 0 Å². The van der Waals surface area contributed by atoms with Crippen LogP contribution in [0.2, 0.25) is 5.02 Å². The van der Waals surface area contributed by atoms with Crippen molar-refractivity contribution in [3.63, 3.8) is 0 Å². The summed E-state index contributed by atoms with van der Waals surface area (Å²) in [4.78, 5) is 0.0861. The first kappa shape index (κ1) is 14.8. The smallest absolute Gasteiger partial charge is 0.262 e. The third-order valence-electron chi connectivity index (χ3n) is 2.65. The van der Waals surface area contributed by atoms with Gasteiger partial charge in [-0.2, -0.15) is 0 Å². The molecule has 0 aromatic heterocycles. The van der Waals surface area contributed by atoms with Gasteiger partial charge in [0.15, 0.2) is 0 Å². The maximum Gasteiger partial charge on any atom is 0.262 e. The molecule has 0 aliphatic heterocycles. The number of nitrogens with one attached hydrogen (secondary N) is 1. The maximum atomic E-state index is 13.0. The van der Waals surface area contributed by atoms with E-state index in [0.717, 1.165) is 6.07 Å². The number of anilines is 1. The van der Waals surface area contributed by atoms with E-state index in [4.69, 9.17) is 17.3 Å². The number of rotatable bonds is 4. The van der Waals surface area contributed by atoms with E-state index >= 15 is 0 Å². The second kappa shape index (κ2) is 5.78. The summed E-state index contributed by atoms with van der Waals surface area (Å²) in [6, 6.07) is 9.99. The molecule has 0 amide bonds. The monoisotopic (exact) mass is 314 g/mol. The summed E-state index contributed by atoms with van der Waals surface area (Å²) in [5, 5.41) is -0.155. The fourth-order valence-electron chi connectivity index (χ4n) is 1.70. The first-order chi connectivity index (χ1) is 9.44. The highest BCUT2D eigenvalue weighted by atomic mass is 35.5. The minimum Gasteiger partial charge on any atom is -0.326 e. The number of nitrogens with two attached hydrogens (primary N) is 1. The van der Waals surface area contributed by atoms with Crippen LogP contribution >= 0.6 is 11.6 Å². The van der Waals surface area contributed by atoms with Crippen molar-refractivity contribution >= 4 is 27.3 Å². The number of sulfonamides is 1. The van der Waals surface area contributed by atoms with Gasteiger partial charge in [0, 0.05) is 6.54 Å². The normalized spacial score (nSPS) is 11.3. The van der Waals surface area contributed by atoms with E-state index in [9.17, 15) is 12.8 Å². The van der Waals surface area contributed by atoms with Gasteiger partial charge in [0.1, 0.15) is 5.82 Å². The van der Waals surface area contributed by atoms with E-state index in [-0.39, 0.29) is 22.2 Å². The predicted octanol–water partition coefficient (Wildman–Crippen LogP) is 2.74. The molecule has 0 spiro atoms. The Morgan fingerprint density at radius 1 is 1.20 bits per heavy atom. The zero-order valence-corrected chi connectivity index (χ0v) is 11.9. The van der Waals surface area contributed by atoms with Gasteiger partial charge in [-0.3, -0.25) is 4.72 Å². The Morgan fingerprint density at radius 2 is 1.90 bits per heavy atom. The minimum atomic E-state index is -3.80. The van der Waals surface area contributed by atoms with Crippen LogP contribution in [0.3, 0.4) is 0 Å². The third-order valence-corrected chi connectivity index (χ3v) is 4.43. The molecule has 0 saturated carbocycles. The van der Waals surface area contributed by atoms with Gasteiger partial charge >= 0.3 is 0 Å². The first-order valence-corrected chi connectivity index (χ1v) is 7.56. The Morgan fingerprint density at radius 3 is 2.55 bits per heavy atom. The molecule has 0 saturated heterocycles. The number of benzene rings is 2. The highest BCUT2D eigenvalue weighted by Gasteiger charge is 2.18. The van der Waals surface area contributed by atoms with Crippen LogP contribution in [-0.4, -0.2) is 8.42 Å². The summed E-state index contributed by atoms with van der Waals surface area (Å²) >= 11 is 5.62. The summed E-state index contributed by atoms with van der Waals surface area (Å²) in [5.74, 6) is -0.614. The molecule has 0 aliphatic rings. The summed E-state index contributed by atoms with van der Waals surface area (Å²) in [7, 11) is -3.80. The molecule has 0 unspecified atom stereocenters. The number of hydrogen-bond acceptors (Lipinski definition) is 3. The van der Waals surface area contributed by atoms with E-state index in [2.05, 4.69) is 4.72 Å². The van der Waals surface area contributed by atoms with Crippen molar-refractivity contribution in [2.24, 2.45) is 5.73 Å². The van der Waals surface area contributed by atoms with Gasteiger partial charge in [-0.15, -0.1) is 0 Å². The predicted molar refractivity (Wildman–Crippen MR) is 76.6 cm³/mol. The van der Waals surface area contributed by atoms with E-state index in [1.807, 2.05) is 0 Å². The SMILES string of the molecule is NCc1ccccc1S(=O)(=O)Nc1ccc(F)c(Cl)c1. The standard InChI is InChI=1S/C13H12ClFN2O2S/c14-11-7-10(5-6-12(11)15)17-20(18,19)13-4-2-1-3-9(13)8-16/h1-7,17H,8,16H2. The highest BCUT2D eigenvalue weighted by molar-refractivity contribution is 7.92. The van der Waals surface area contributed by atoms with Crippen molar-refractivity contribution in [3.05, 3.63) is 58.9 Å². The zero-order valence-electron chi connectivity index (χ0n) is 10.3. The van der Waals surface area contributed by atoms with Gasteiger partial charge in [-0.05, 0) is 29.8 Å². The molecule has 3 N–H and O–H groups in total. The lowest BCUT2D eigenvalue weighted by molar-refractivity contribution is 0.600. The molecule has 2 aromatic carbocycles. The molecule has 4 nitrogen and oxygen atoms in total. The lowest BCUT2D eigenvalue weighted by atomic mass is 10.2. The van der Waals surface area contributed by atoms with Gasteiger partial charge < -0.3 is 5.73 Å². The Kier molecular flexibility index (Phi) is 4.27. The van der Waals surface area contributed by atoms with Crippen molar-refractivity contribution in [2.75, 3.05) is 4.72 Å². The van der Waals surface area contributed by atoms with E-state index in [1.54, 1.807) is 18.2 Å². The van der Waals surface area contributed by atoms with Crippen LogP contribution in [0.4, 0.5) is 10.1 Å². The Bertz CT molecular complexity index is 735. The molecule has 0 aliphatic carbocycles. The Balaban J connectivity index is 2.38. The summed E-state index contributed by atoms with van der Waals surface area (Å²) < 4.78 is 39.9. The fourth-order valence-corrected chi connectivity index (χ4v) is 3.19. The van der Waals surface area contributed by atoms with Crippen molar-refractivity contribution < 1.29 is 12.8 Å². The Labute approximate surface area is 121 Å². The molecule has 106 valence electrons. The van der Waals surface area contributed by atoms with Crippen LogP contribution < -0.4 is 10.5 Å². The molecule has 7 heteroatoms.